The van der Waals surface area contributed by atoms with Gasteiger partial charge in [-0.2, -0.15) is 0 Å². The van der Waals surface area contributed by atoms with E-state index in [4.69, 9.17) is 10.5 Å². The smallest absolute Gasteiger partial charge is 0.238 e. The van der Waals surface area contributed by atoms with Crippen LogP contribution in [0.5, 0.6) is 5.75 Å². The minimum atomic E-state index is -0.196. The first kappa shape index (κ1) is 11.5. The Balaban J connectivity index is 2.77. The molecule has 3 N–H and O–H groups in total. The Morgan fingerprint density at radius 3 is 2.80 bits per heavy atom. The predicted octanol–water partition coefficient (Wildman–Crippen LogP) is 1.29. The van der Waals surface area contributed by atoms with Crippen molar-refractivity contribution >= 4 is 11.6 Å². The van der Waals surface area contributed by atoms with Crippen LogP contribution in [0.1, 0.15) is 12.5 Å². The molecular weight excluding hydrogens is 192 g/mol. The summed E-state index contributed by atoms with van der Waals surface area (Å²) in [6.07, 6.45) is 0. The summed E-state index contributed by atoms with van der Waals surface area (Å²) in [6.45, 7) is 4.49. The molecule has 0 atom stereocenters. The molecule has 0 unspecified atom stereocenters. The zero-order valence-electron chi connectivity index (χ0n) is 9.04. The number of rotatable bonds is 4. The second-order valence-corrected chi connectivity index (χ2v) is 3.17. The lowest BCUT2D eigenvalue weighted by atomic mass is 10.2. The quantitative estimate of drug-likeness (QED) is 0.783. The van der Waals surface area contributed by atoms with Crippen molar-refractivity contribution in [1.29, 1.82) is 0 Å². The molecule has 0 saturated carbocycles. The highest BCUT2D eigenvalue weighted by Gasteiger charge is 2.02. The summed E-state index contributed by atoms with van der Waals surface area (Å²) >= 11 is 0. The maximum Gasteiger partial charge on any atom is 0.238 e. The van der Waals surface area contributed by atoms with Gasteiger partial charge in [0, 0.05) is 5.69 Å². The molecule has 1 aromatic rings. The van der Waals surface area contributed by atoms with Crippen molar-refractivity contribution in [3.05, 3.63) is 23.8 Å². The fraction of sp³-hybridized carbons (Fsp3) is 0.364. The number of nitrogens with one attached hydrogen (secondary N) is 1. The van der Waals surface area contributed by atoms with Crippen LogP contribution in [0.15, 0.2) is 18.2 Å². The van der Waals surface area contributed by atoms with E-state index in [2.05, 4.69) is 5.32 Å². The van der Waals surface area contributed by atoms with E-state index in [1.165, 1.54) is 0 Å². The molecule has 0 aliphatic carbocycles. The van der Waals surface area contributed by atoms with Gasteiger partial charge < -0.3 is 15.8 Å². The van der Waals surface area contributed by atoms with Gasteiger partial charge in [-0.3, -0.25) is 4.79 Å². The lowest BCUT2D eigenvalue weighted by Gasteiger charge is -2.09. The molecule has 0 fully saturated rings. The first-order valence-corrected chi connectivity index (χ1v) is 4.90. The van der Waals surface area contributed by atoms with Gasteiger partial charge in [-0.25, -0.2) is 0 Å². The second kappa shape index (κ2) is 5.36. The normalized spacial score (nSPS) is 9.80. The van der Waals surface area contributed by atoms with Gasteiger partial charge in [0.2, 0.25) is 5.91 Å². The number of aryl methyl sites for hydroxylation is 1. The highest BCUT2D eigenvalue weighted by Crippen LogP contribution is 2.21. The lowest BCUT2D eigenvalue weighted by Crippen LogP contribution is -2.21. The van der Waals surface area contributed by atoms with E-state index >= 15 is 0 Å². The van der Waals surface area contributed by atoms with Crippen molar-refractivity contribution < 1.29 is 9.53 Å². The Kier molecular flexibility index (Phi) is 4.12. The monoisotopic (exact) mass is 208 g/mol. The van der Waals surface area contributed by atoms with E-state index in [1.54, 1.807) is 6.07 Å². The molecule has 0 aliphatic rings. The van der Waals surface area contributed by atoms with E-state index in [1.807, 2.05) is 26.0 Å². The zero-order valence-corrected chi connectivity index (χ0v) is 9.04. The van der Waals surface area contributed by atoms with E-state index in [0.29, 0.717) is 6.61 Å². The number of amides is 1. The van der Waals surface area contributed by atoms with Gasteiger partial charge in [-0.1, -0.05) is 0 Å². The van der Waals surface area contributed by atoms with E-state index < -0.39 is 0 Å². The third-order valence-electron chi connectivity index (χ3n) is 1.94. The van der Waals surface area contributed by atoms with E-state index in [-0.39, 0.29) is 12.5 Å². The Hall–Kier alpha value is -1.55. The summed E-state index contributed by atoms with van der Waals surface area (Å²) in [5, 5.41) is 2.68. The van der Waals surface area contributed by atoms with Crippen LogP contribution in [0, 0.1) is 6.92 Å². The van der Waals surface area contributed by atoms with Gasteiger partial charge in [0.1, 0.15) is 5.75 Å². The largest absolute Gasteiger partial charge is 0.494 e. The minimum absolute atomic E-state index is 0.00768. The molecule has 0 saturated heterocycles. The molecule has 0 heterocycles. The molecule has 0 spiro atoms. The maximum absolute atomic E-state index is 11.0. The fourth-order valence-corrected chi connectivity index (χ4v) is 1.26. The van der Waals surface area contributed by atoms with Crippen LogP contribution in [0.25, 0.3) is 0 Å². The Morgan fingerprint density at radius 2 is 2.27 bits per heavy atom. The number of carbonyl (C=O) groups excluding carboxylic acids is 1. The lowest BCUT2D eigenvalue weighted by molar-refractivity contribution is -0.114. The highest BCUT2D eigenvalue weighted by atomic mass is 16.5. The molecule has 4 heteroatoms. The summed E-state index contributed by atoms with van der Waals surface area (Å²) in [5.74, 6) is 0.641. The van der Waals surface area contributed by atoms with Crippen LogP contribution in [0.3, 0.4) is 0 Å². The van der Waals surface area contributed by atoms with Crippen molar-refractivity contribution in [3.63, 3.8) is 0 Å². The number of anilines is 1. The van der Waals surface area contributed by atoms with Crippen LogP contribution >= 0.6 is 0 Å². The molecule has 0 aliphatic heterocycles. The zero-order chi connectivity index (χ0) is 11.3. The number of hydrogen-bond acceptors (Lipinski definition) is 3. The maximum atomic E-state index is 11.0. The molecule has 1 rings (SSSR count). The summed E-state index contributed by atoms with van der Waals surface area (Å²) in [7, 11) is 0. The van der Waals surface area contributed by atoms with Crippen molar-refractivity contribution in [3.8, 4) is 5.75 Å². The van der Waals surface area contributed by atoms with Crippen molar-refractivity contribution in [2.75, 3.05) is 18.5 Å². The summed E-state index contributed by atoms with van der Waals surface area (Å²) in [6, 6.07) is 5.50. The third kappa shape index (κ3) is 3.25. The van der Waals surface area contributed by atoms with Crippen LogP contribution in [0.2, 0.25) is 0 Å². The van der Waals surface area contributed by atoms with Gasteiger partial charge >= 0.3 is 0 Å². The molecule has 1 amide bonds. The Bertz CT molecular complexity index is 350. The topological polar surface area (TPSA) is 64.3 Å². The van der Waals surface area contributed by atoms with Gasteiger partial charge in [0.05, 0.1) is 13.2 Å². The average molecular weight is 208 g/mol. The van der Waals surface area contributed by atoms with Crippen LogP contribution in [-0.4, -0.2) is 19.1 Å². The summed E-state index contributed by atoms with van der Waals surface area (Å²) in [5.41, 5.74) is 6.93. The molecule has 1 aromatic carbocycles. The first-order valence-electron chi connectivity index (χ1n) is 4.90. The molecule has 82 valence electrons. The number of benzene rings is 1. The van der Waals surface area contributed by atoms with Crippen molar-refractivity contribution in [2.24, 2.45) is 5.73 Å². The van der Waals surface area contributed by atoms with Gasteiger partial charge in [-0.05, 0) is 37.6 Å². The second-order valence-electron chi connectivity index (χ2n) is 3.17. The standard InChI is InChI=1S/C11H16N2O2/c1-3-15-10-5-4-9(6-8(10)2)13-11(14)7-12/h4-6H,3,7,12H2,1-2H3,(H,13,14). The Morgan fingerprint density at radius 1 is 1.53 bits per heavy atom. The molecule has 4 nitrogen and oxygen atoms in total. The first-order chi connectivity index (χ1) is 7.17. The van der Waals surface area contributed by atoms with Crippen LogP contribution < -0.4 is 15.8 Å². The molecule has 15 heavy (non-hydrogen) atoms. The SMILES string of the molecule is CCOc1ccc(NC(=O)CN)cc1C. The van der Waals surface area contributed by atoms with Crippen molar-refractivity contribution in [1.82, 2.24) is 0 Å². The van der Waals surface area contributed by atoms with Crippen LogP contribution in [-0.2, 0) is 4.79 Å². The fourth-order valence-electron chi connectivity index (χ4n) is 1.26. The predicted molar refractivity (Wildman–Crippen MR) is 60.0 cm³/mol. The minimum Gasteiger partial charge on any atom is -0.494 e. The number of nitrogens with two attached hydrogens (primary N) is 1. The van der Waals surface area contributed by atoms with Gasteiger partial charge in [0.15, 0.2) is 0 Å². The summed E-state index contributed by atoms with van der Waals surface area (Å²) in [4.78, 5) is 11.0. The summed E-state index contributed by atoms with van der Waals surface area (Å²) < 4.78 is 5.39. The molecular formula is C11H16N2O2. The van der Waals surface area contributed by atoms with Gasteiger partial charge in [0.25, 0.3) is 0 Å². The van der Waals surface area contributed by atoms with Crippen molar-refractivity contribution in [2.45, 2.75) is 13.8 Å². The van der Waals surface area contributed by atoms with E-state index in [9.17, 15) is 4.79 Å². The molecule has 0 radical (unpaired) electrons. The van der Waals surface area contributed by atoms with Gasteiger partial charge in [-0.15, -0.1) is 0 Å². The highest BCUT2D eigenvalue weighted by molar-refractivity contribution is 5.92. The number of hydrogen-bond donors (Lipinski definition) is 2. The van der Waals surface area contributed by atoms with E-state index in [0.717, 1.165) is 17.0 Å². The van der Waals surface area contributed by atoms with Crippen LogP contribution in [0.4, 0.5) is 5.69 Å². The molecule has 0 bridgehead atoms. The number of ether oxygens (including phenoxy) is 1. The third-order valence-corrected chi connectivity index (χ3v) is 1.94. The number of carbonyl (C=O) groups is 1. The average Bonchev–Trinajstić information content (AvgIpc) is 2.22. The molecule has 0 aromatic heterocycles. The Labute approximate surface area is 89.4 Å².